The minimum atomic E-state index is -0.403. The van der Waals surface area contributed by atoms with Gasteiger partial charge < -0.3 is 26.3 Å². The summed E-state index contributed by atoms with van der Waals surface area (Å²) in [6.45, 7) is -0.249. The van der Waals surface area contributed by atoms with Crippen LogP contribution in [-0.4, -0.2) is 31.8 Å². The first-order chi connectivity index (χ1) is 12.9. The Labute approximate surface area is 165 Å². The summed E-state index contributed by atoms with van der Waals surface area (Å²) in [4.78, 5) is 12.1. The Balaban J connectivity index is 2.02. The van der Waals surface area contributed by atoms with Gasteiger partial charge in [-0.25, -0.2) is 0 Å². The summed E-state index contributed by atoms with van der Waals surface area (Å²) in [6.07, 6.45) is 1.44. The lowest BCUT2D eigenvalue weighted by Crippen LogP contribution is -2.21. The molecule has 0 saturated carbocycles. The van der Waals surface area contributed by atoms with Gasteiger partial charge in [0.2, 0.25) is 5.96 Å². The fraction of sp³-hybridized carbons (Fsp3) is 0.118. The lowest BCUT2D eigenvalue weighted by atomic mass is 10.2. The molecular formula is C17H17Cl2N5O3. The van der Waals surface area contributed by atoms with E-state index >= 15 is 0 Å². The second-order valence-corrected chi connectivity index (χ2v) is 5.90. The van der Waals surface area contributed by atoms with Gasteiger partial charge in [-0.1, -0.05) is 29.3 Å². The maximum atomic E-state index is 12.1. The van der Waals surface area contributed by atoms with Gasteiger partial charge in [0.15, 0.2) is 18.1 Å². The fourth-order valence-corrected chi connectivity index (χ4v) is 2.32. The molecule has 0 aliphatic rings. The van der Waals surface area contributed by atoms with Gasteiger partial charge in [-0.3, -0.25) is 4.79 Å². The van der Waals surface area contributed by atoms with Gasteiger partial charge in [-0.15, -0.1) is 5.10 Å². The molecule has 0 saturated heterocycles. The predicted octanol–water partition coefficient (Wildman–Crippen LogP) is 2.63. The number of hydrogen-bond donors (Lipinski definition) is 3. The molecule has 0 atom stereocenters. The van der Waals surface area contributed by atoms with Crippen LogP contribution in [-0.2, 0) is 4.79 Å². The number of carbonyl (C=O) groups excluding carboxylic acids is 1. The highest BCUT2D eigenvalue weighted by atomic mass is 35.5. The number of nitrogens with two attached hydrogens (primary N) is 2. The first-order valence-electron chi connectivity index (χ1n) is 7.57. The molecule has 8 nitrogen and oxygen atoms in total. The number of methoxy groups -OCH3 is 1. The average Bonchev–Trinajstić information content (AvgIpc) is 2.64. The number of benzene rings is 2. The highest BCUT2D eigenvalue weighted by Crippen LogP contribution is 2.30. The summed E-state index contributed by atoms with van der Waals surface area (Å²) in [5, 5.41) is 10.4. The van der Waals surface area contributed by atoms with Gasteiger partial charge >= 0.3 is 0 Å². The van der Waals surface area contributed by atoms with Gasteiger partial charge in [0.1, 0.15) is 0 Å². The predicted molar refractivity (Wildman–Crippen MR) is 107 cm³/mol. The Hall–Kier alpha value is -2.97. The Kier molecular flexibility index (Phi) is 7.27. The van der Waals surface area contributed by atoms with Crippen LogP contribution >= 0.6 is 23.2 Å². The largest absolute Gasteiger partial charge is 0.493 e. The van der Waals surface area contributed by atoms with Gasteiger partial charge in [-0.05, 0) is 35.9 Å². The van der Waals surface area contributed by atoms with E-state index in [1.807, 2.05) is 0 Å². The summed E-state index contributed by atoms with van der Waals surface area (Å²) in [6, 6.07) is 9.93. The lowest BCUT2D eigenvalue weighted by Gasteiger charge is -2.12. The van der Waals surface area contributed by atoms with E-state index in [1.165, 1.54) is 13.3 Å². The number of nitrogens with one attached hydrogen (secondary N) is 1. The third kappa shape index (κ3) is 6.05. The second kappa shape index (κ2) is 9.65. The van der Waals surface area contributed by atoms with E-state index in [1.54, 1.807) is 36.4 Å². The number of rotatable bonds is 7. The molecule has 142 valence electrons. The number of ether oxygens (including phenoxy) is 2. The van der Waals surface area contributed by atoms with E-state index < -0.39 is 5.91 Å². The minimum absolute atomic E-state index is 0.149. The van der Waals surface area contributed by atoms with Crippen molar-refractivity contribution in [2.75, 3.05) is 19.0 Å². The molecule has 0 aliphatic carbocycles. The summed E-state index contributed by atoms with van der Waals surface area (Å²) in [5.41, 5.74) is 11.5. The number of guanidine groups is 1. The molecule has 0 radical (unpaired) electrons. The van der Waals surface area contributed by atoms with Crippen molar-refractivity contribution >= 4 is 47.0 Å². The zero-order valence-corrected chi connectivity index (χ0v) is 15.8. The van der Waals surface area contributed by atoms with Crippen molar-refractivity contribution in [3.05, 3.63) is 52.0 Å². The summed E-state index contributed by atoms with van der Waals surface area (Å²) < 4.78 is 10.8. The van der Waals surface area contributed by atoms with Crippen molar-refractivity contribution in [2.24, 2.45) is 21.7 Å². The molecule has 0 bridgehead atoms. The molecule has 1 amide bonds. The van der Waals surface area contributed by atoms with Crippen LogP contribution in [0.5, 0.6) is 11.5 Å². The summed E-state index contributed by atoms with van der Waals surface area (Å²) in [7, 11) is 1.48. The van der Waals surface area contributed by atoms with Crippen molar-refractivity contribution in [3.63, 3.8) is 0 Å². The third-order valence-electron chi connectivity index (χ3n) is 3.15. The molecule has 2 rings (SSSR count). The maximum absolute atomic E-state index is 12.1. The number of hydrogen-bond acceptors (Lipinski definition) is 5. The quantitative estimate of drug-likeness (QED) is 0.368. The van der Waals surface area contributed by atoms with Crippen LogP contribution in [0.4, 0.5) is 5.69 Å². The Bertz CT molecular complexity index is 883. The zero-order valence-electron chi connectivity index (χ0n) is 14.3. The molecule has 0 fully saturated rings. The number of amides is 1. The second-order valence-electron chi connectivity index (χ2n) is 5.12. The fourth-order valence-electron chi connectivity index (χ4n) is 1.98. The molecule has 0 aliphatic heterocycles. The maximum Gasteiger partial charge on any atom is 0.262 e. The molecule has 2 aromatic rings. The lowest BCUT2D eigenvalue weighted by molar-refractivity contribution is -0.118. The first kappa shape index (κ1) is 20.3. The normalized spacial score (nSPS) is 10.5. The smallest absolute Gasteiger partial charge is 0.262 e. The molecule has 0 heterocycles. The van der Waals surface area contributed by atoms with Crippen molar-refractivity contribution in [3.8, 4) is 11.5 Å². The highest BCUT2D eigenvalue weighted by Gasteiger charge is 2.11. The monoisotopic (exact) mass is 409 g/mol. The Morgan fingerprint density at radius 3 is 2.70 bits per heavy atom. The van der Waals surface area contributed by atoms with Crippen LogP contribution in [0.3, 0.4) is 0 Å². The number of anilines is 1. The van der Waals surface area contributed by atoms with Gasteiger partial charge in [0.05, 0.1) is 29.1 Å². The van der Waals surface area contributed by atoms with Crippen LogP contribution in [0, 0.1) is 0 Å². The first-order valence-corrected chi connectivity index (χ1v) is 8.33. The van der Waals surface area contributed by atoms with Gasteiger partial charge in [0, 0.05) is 0 Å². The summed E-state index contributed by atoms with van der Waals surface area (Å²) >= 11 is 12.0. The number of carbonyl (C=O) groups is 1. The Morgan fingerprint density at radius 2 is 2.00 bits per heavy atom. The van der Waals surface area contributed by atoms with Crippen LogP contribution in [0.1, 0.15) is 5.56 Å². The Morgan fingerprint density at radius 1 is 1.22 bits per heavy atom. The van der Waals surface area contributed by atoms with Gasteiger partial charge in [-0.2, -0.15) is 5.10 Å². The SMILES string of the molecule is COc1cc(/C=N/N=C(N)N)ccc1OCC(=O)Nc1cccc(Cl)c1Cl. The average molecular weight is 410 g/mol. The standard InChI is InChI=1S/C17H17Cl2N5O3/c1-26-14-7-10(8-22-24-17(20)21)5-6-13(14)27-9-15(25)23-12-4-2-3-11(18)16(12)19/h2-8H,9H2,1H3,(H,23,25)(H4,20,21,24)/b22-8+. The highest BCUT2D eigenvalue weighted by molar-refractivity contribution is 6.44. The molecular weight excluding hydrogens is 393 g/mol. The molecule has 2 aromatic carbocycles. The summed E-state index contributed by atoms with van der Waals surface area (Å²) in [5.74, 6) is 0.240. The van der Waals surface area contributed by atoms with Crippen molar-refractivity contribution in [1.82, 2.24) is 0 Å². The zero-order chi connectivity index (χ0) is 19.8. The molecule has 27 heavy (non-hydrogen) atoms. The van der Waals surface area contributed by atoms with Crippen LogP contribution in [0.15, 0.2) is 46.6 Å². The van der Waals surface area contributed by atoms with Gasteiger partial charge in [0.25, 0.3) is 5.91 Å². The van der Waals surface area contributed by atoms with Crippen molar-refractivity contribution in [1.29, 1.82) is 0 Å². The topological polar surface area (TPSA) is 124 Å². The van der Waals surface area contributed by atoms with E-state index in [9.17, 15) is 4.79 Å². The van der Waals surface area contributed by atoms with Crippen molar-refractivity contribution < 1.29 is 14.3 Å². The molecule has 10 heteroatoms. The molecule has 0 spiro atoms. The van der Waals surface area contributed by atoms with E-state index in [4.69, 9.17) is 44.1 Å². The third-order valence-corrected chi connectivity index (χ3v) is 3.97. The van der Waals surface area contributed by atoms with Crippen LogP contribution in [0.25, 0.3) is 0 Å². The number of nitrogens with zero attached hydrogens (tertiary/aromatic N) is 2. The van der Waals surface area contributed by atoms with E-state index in [0.717, 1.165) is 0 Å². The number of halogens is 2. The molecule has 0 unspecified atom stereocenters. The minimum Gasteiger partial charge on any atom is -0.493 e. The van der Waals surface area contributed by atoms with Crippen LogP contribution in [0.2, 0.25) is 10.0 Å². The van der Waals surface area contributed by atoms with E-state index in [0.29, 0.717) is 27.8 Å². The molecule has 5 N–H and O–H groups in total. The van der Waals surface area contributed by atoms with Crippen LogP contribution < -0.4 is 26.3 Å². The van der Waals surface area contributed by atoms with Crippen molar-refractivity contribution in [2.45, 2.75) is 0 Å². The van der Waals surface area contributed by atoms with E-state index in [-0.39, 0.29) is 17.6 Å². The molecule has 0 aromatic heterocycles. The van der Waals surface area contributed by atoms with E-state index in [2.05, 4.69) is 15.5 Å².